The Bertz CT molecular complexity index is 419. The topological polar surface area (TPSA) is 64.4 Å². The minimum atomic E-state index is -0.405. The molecule has 0 aliphatic heterocycles. The van der Waals surface area contributed by atoms with E-state index in [1.165, 1.54) is 12.1 Å². The quantitative estimate of drug-likeness (QED) is 0.622. The van der Waals surface area contributed by atoms with E-state index in [4.69, 9.17) is 4.74 Å². The van der Waals surface area contributed by atoms with Crippen LogP contribution in [-0.4, -0.2) is 18.1 Å². The van der Waals surface area contributed by atoms with Crippen molar-refractivity contribution in [2.45, 2.75) is 33.2 Å². The lowest BCUT2D eigenvalue weighted by atomic mass is 10.0. The molecule has 18 heavy (non-hydrogen) atoms. The molecule has 0 radical (unpaired) electrons. The molecule has 0 bridgehead atoms. The van der Waals surface area contributed by atoms with Gasteiger partial charge in [-0.15, -0.1) is 0 Å². The molecule has 0 saturated carbocycles. The number of hydrogen-bond acceptors (Lipinski definition) is 4. The zero-order chi connectivity index (χ0) is 13.7. The lowest BCUT2D eigenvalue weighted by Crippen LogP contribution is -2.18. The molecule has 1 aromatic carbocycles. The molecule has 1 rings (SSSR count). The summed E-state index contributed by atoms with van der Waals surface area (Å²) in [5.41, 5.74) is 0.731. The number of ether oxygens (including phenoxy) is 1. The van der Waals surface area contributed by atoms with Crippen molar-refractivity contribution in [2.75, 3.05) is 12.4 Å². The molecule has 0 aliphatic carbocycles. The summed E-state index contributed by atoms with van der Waals surface area (Å²) in [6.45, 7) is 6.34. The third-order valence-electron chi connectivity index (χ3n) is 2.62. The van der Waals surface area contributed by atoms with Crippen LogP contribution in [0.2, 0.25) is 0 Å². The van der Waals surface area contributed by atoms with Gasteiger partial charge in [-0.05, 0) is 25.3 Å². The summed E-state index contributed by atoms with van der Waals surface area (Å²) in [7, 11) is 1.56. The minimum absolute atomic E-state index is 0.0649. The number of non-ortho nitro benzene ring substituents is 1. The van der Waals surface area contributed by atoms with E-state index in [-0.39, 0.29) is 11.7 Å². The highest BCUT2D eigenvalue weighted by atomic mass is 16.6. The van der Waals surface area contributed by atoms with Crippen LogP contribution in [0.1, 0.15) is 27.2 Å². The first-order chi connectivity index (χ1) is 8.43. The normalized spacial score (nSPS) is 12.3. The fourth-order valence-corrected chi connectivity index (χ4v) is 1.95. The van der Waals surface area contributed by atoms with Crippen LogP contribution in [0.3, 0.4) is 0 Å². The van der Waals surface area contributed by atoms with Crippen LogP contribution < -0.4 is 10.1 Å². The summed E-state index contributed by atoms with van der Waals surface area (Å²) in [5, 5.41) is 14.0. The standard InChI is InChI=1S/C13H20N2O3/c1-9(2)7-10(3)14-12-8-11(15(16)17)5-6-13(12)18-4/h5-6,8-10,14H,7H2,1-4H3. The predicted octanol–water partition coefficient (Wildman–Crippen LogP) is 3.45. The molecule has 100 valence electrons. The van der Waals surface area contributed by atoms with Crippen molar-refractivity contribution < 1.29 is 9.66 Å². The Morgan fingerprint density at radius 1 is 1.39 bits per heavy atom. The number of nitro benzene ring substituents is 1. The van der Waals surface area contributed by atoms with Crippen LogP contribution in [-0.2, 0) is 0 Å². The van der Waals surface area contributed by atoms with Crippen LogP contribution in [0.15, 0.2) is 18.2 Å². The number of anilines is 1. The largest absolute Gasteiger partial charge is 0.495 e. The number of hydrogen-bond donors (Lipinski definition) is 1. The molecule has 5 nitrogen and oxygen atoms in total. The van der Waals surface area contributed by atoms with Gasteiger partial charge in [-0.25, -0.2) is 0 Å². The van der Waals surface area contributed by atoms with Crippen LogP contribution in [0.5, 0.6) is 5.75 Å². The van der Waals surface area contributed by atoms with Crippen molar-refractivity contribution in [3.63, 3.8) is 0 Å². The molecule has 5 heteroatoms. The van der Waals surface area contributed by atoms with E-state index < -0.39 is 4.92 Å². The van der Waals surface area contributed by atoms with Crippen LogP contribution in [0.25, 0.3) is 0 Å². The summed E-state index contributed by atoms with van der Waals surface area (Å²) >= 11 is 0. The molecule has 1 atom stereocenters. The van der Waals surface area contributed by atoms with Crippen molar-refractivity contribution in [1.82, 2.24) is 0 Å². The van der Waals surface area contributed by atoms with E-state index in [1.807, 2.05) is 0 Å². The lowest BCUT2D eigenvalue weighted by Gasteiger charge is -2.18. The van der Waals surface area contributed by atoms with Crippen molar-refractivity contribution in [1.29, 1.82) is 0 Å². The molecule has 1 unspecified atom stereocenters. The van der Waals surface area contributed by atoms with Gasteiger partial charge in [-0.1, -0.05) is 13.8 Å². The van der Waals surface area contributed by atoms with Gasteiger partial charge in [0.15, 0.2) is 0 Å². The van der Waals surface area contributed by atoms with E-state index in [0.29, 0.717) is 17.4 Å². The van der Waals surface area contributed by atoms with Crippen molar-refractivity contribution in [3.05, 3.63) is 28.3 Å². The molecule has 0 aliphatic rings. The van der Waals surface area contributed by atoms with E-state index in [9.17, 15) is 10.1 Å². The highest BCUT2D eigenvalue weighted by molar-refractivity contribution is 5.61. The Morgan fingerprint density at radius 3 is 2.56 bits per heavy atom. The van der Waals surface area contributed by atoms with E-state index in [1.54, 1.807) is 13.2 Å². The molecule has 0 spiro atoms. The van der Waals surface area contributed by atoms with Crippen molar-refractivity contribution in [3.8, 4) is 5.75 Å². The fraction of sp³-hybridized carbons (Fsp3) is 0.538. The number of rotatable bonds is 6. The highest BCUT2D eigenvalue weighted by Crippen LogP contribution is 2.29. The molecule has 0 amide bonds. The summed E-state index contributed by atoms with van der Waals surface area (Å²) in [6.07, 6.45) is 0.992. The summed E-state index contributed by atoms with van der Waals surface area (Å²) < 4.78 is 5.20. The van der Waals surface area contributed by atoms with Crippen molar-refractivity contribution in [2.24, 2.45) is 5.92 Å². The van der Waals surface area contributed by atoms with Gasteiger partial charge in [0.05, 0.1) is 17.7 Å². The second-order valence-corrected chi connectivity index (χ2v) is 4.82. The zero-order valence-corrected chi connectivity index (χ0v) is 11.3. The Kier molecular flexibility index (Phi) is 4.95. The van der Waals surface area contributed by atoms with Gasteiger partial charge in [0.2, 0.25) is 0 Å². The smallest absolute Gasteiger partial charge is 0.271 e. The molecular formula is C13H20N2O3. The first-order valence-electron chi connectivity index (χ1n) is 6.03. The molecule has 0 fully saturated rings. The number of methoxy groups -OCH3 is 1. The SMILES string of the molecule is COc1ccc([N+](=O)[O-])cc1NC(C)CC(C)C. The maximum absolute atomic E-state index is 10.8. The lowest BCUT2D eigenvalue weighted by molar-refractivity contribution is -0.384. The van der Waals surface area contributed by atoms with Crippen LogP contribution >= 0.6 is 0 Å². The monoisotopic (exact) mass is 252 g/mol. The van der Waals surface area contributed by atoms with E-state index in [2.05, 4.69) is 26.1 Å². The number of nitrogens with zero attached hydrogens (tertiary/aromatic N) is 1. The Hall–Kier alpha value is -1.78. The molecule has 0 heterocycles. The number of nitrogens with one attached hydrogen (secondary N) is 1. The average Bonchev–Trinajstić information content (AvgIpc) is 2.27. The molecular weight excluding hydrogens is 232 g/mol. The number of benzene rings is 1. The van der Waals surface area contributed by atoms with Gasteiger partial charge < -0.3 is 10.1 Å². The van der Waals surface area contributed by atoms with Gasteiger partial charge in [-0.2, -0.15) is 0 Å². The average molecular weight is 252 g/mol. The Balaban J connectivity index is 2.90. The molecule has 1 aromatic rings. The predicted molar refractivity (Wildman–Crippen MR) is 72.2 cm³/mol. The maximum Gasteiger partial charge on any atom is 0.271 e. The number of nitro groups is 1. The molecule has 0 aromatic heterocycles. The first kappa shape index (κ1) is 14.3. The third kappa shape index (κ3) is 3.91. The summed E-state index contributed by atoms with van der Waals surface area (Å²) in [5.74, 6) is 1.19. The van der Waals surface area contributed by atoms with Gasteiger partial charge in [-0.3, -0.25) is 10.1 Å². The van der Waals surface area contributed by atoms with E-state index >= 15 is 0 Å². The molecule has 1 N–H and O–H groups in total. The fourth-order valence-electron chi connectivity index (χ4n) is 1.95. The second kappa shape index (κ2) is 6.23. The van der Waals surface area contributed by atoms with Gasteiger partial charge in [0.1, 0.15) is 5.75 Å². The highest BCUT2D eigenvalue weighted by Gasteiger charge is 2.13. The maximum atomic E-state index is 10.8. The zero-order valence-electron chi connectivity index (χ0n) is 11.3. The Morgan fingerprint density at radius 2 is 2.06 bits per heavy atom. The van der Waals surface area contributed by atoms with Gasteiger partial charge >= 0.3 is 0 Å². The minimum Gasteiger partial charge on any atom is -0.495 e. The van der Waals surface area contributed by atoms with Gasteiger partial charge in [0.25, 0.3) is 5.69 Å². The Labute approximate surface area is 107 Å². The summed E-state index contributed by atoms with van der Waals surface area (Å²) in [6, 6.07) is 4.80. The molecule has 0 saturated heterocycles. The van der Waals surface area contributed by atoms with E-state index in [0.717, 1.165) is 6.42 Å². The second-order valence-electron chi connectivity index (χ2n) is 4.82. The van der Waals surface area contributed by atoms with Crippen LogP contribution in [0.4, 0.5) is 11.4 Å². The first-order valence-corrected chi connectivity index (χ1v) is 6.03. The van der Waals surface area contributed by atoms with Gasteiger partial charge in [0, 0.05) is 18.2 Å². The van der Waals surface area contributed by atoms with Crippen LogP contribution in [0, 0.1) is 16.0 Å². The third-order valence-corrected chi connectivity index (χ3v) is 2.62. The van der Waals surface area contributed by atoms with Crippen molar-refractivity contribution >= 4 is 11.4 Å². The summed E-state index contributed by atoms with van der Waals surface area (Å²) in [4.78, 5) is 10.3.